The highest BCUT2D eigenvalue weighted by Gasteiger charge is 2.24. The van der Waals surface area contributed by atoms with Crippen LogP contribution in [0.4, 0.5) is 0 Å². The molecule has 0 aliphatic carbocycles. The van der Waals surface area contributed by atoms with Crippen molar-refractivity contribution >= 4 is 29.4 Å². The van der Waals surface area contributed by atoms with E-state index in [1.54, 1.807) is 11.8 Å². The minimum atomic E-state index is -0.367. The molecule has 1 heterocycles. The number of nitrogens with zero attached hydrogens (tertiary/aromatic N) is 1. The average molecular weight is 425 g/mol. The molecule has 0 atom stereocenters. The van der Waals surface area contributed by atoms with Gasteiger partial charge in [-0.3, -0.25) is 14.4 Å². The second-order valence-electron chi connectivity index (χ2n) is 7.19. The highest BCUT2D eigenvalue weighted by molar-refractivity contribution is 6.32. The van der Waals surface area contributed by atoms with Crippen LogP contribution in [0.25, 0.3) is 0 Å². The number of halogens is 1. The third-order valence-electron chi connectivity index (χ3n) is 4.85. The Kier molecular flexibility index (Phi) is 8.76. The van der Waals surface area contributed by atoms with Crippen molar-refractivity contribution in [2.24, 2.45) is 0 Å². The van der Waals surface area contributed by atoms with Crippen LogP contribution in [0, 0.1) is 13.8 Å². The molecule has 1 aromatic rings. The van der Waals surface area contributed by atoms with E-state index in [0.717, 1.165) is 11.1 Å². The molecule has 1 fully saturated rings. The first-order chi connectivity index (χ1) is 13.8. The topological polar surface area (TPSA) is 84.9 Å². The van der Waals surface area contributed by atoms with E-state index in [9.17, 15) is 14.4 Å². The maximum absolute atomic E-state index is 12.4. The molecule has 29 heavy (non-hydrogen) atoms. The van der Waals surface area contributed by atoms with Crippen molar-refractivity contribution in [1.29, 1.82) is 0 Å². The molecule has 160 valence electrons. The fraction of sp³-hybridized carbons (Fsp3) is 0.571. The summed E-state index contributed by atoms with van der Waals surface area (Å²) in [6.45, 7) is 6.93. The van der Waals surface area contributed by atoms with Crippen LogP contribution in [0.1, 0.15) is 43.7 Å². The van der Waals surface area contributed by atoms with Crippen LogP contribution < -0.4 is 10.1 Å². The second-order valence-corrected chi connectivity index (χ2v) is 7.57. The van der Waals surface area contributed by atoms with Crippen LogP contribution in [0.3, 0.4) is 0 Å². The zero-order valence-electron chi connectivity index (χ0n) is 17.3. The first kappa shape index (κ1) is 23.0. The Labute approximate surface area is 176 Å². The molecule has 2 amide bonds. The van der Waals surface area contributed by atoms with Gasteiger partial charge < -0.3 is 19.7 Å². The number of aryl methyl sites for hydroxylation is 2. The van der Waals surface area contributed by atoms with Gasteiger partial charge in [0.15, 0.2) is 6.61 Å². The van der Waals surface area contributed by atoms with Crippen molar-refractivity contribution < 1.29 is 23.9 Å². The Hall–Kier alpha value is -2.28. The highest BCUT2D eigenvalue weighted by atomic mass is 35.5. The maximum atomic E-state index is 12.4. The molecule has 1 N–H and O–H groups in total. The highest BCUT2D eigenvalue weighted by Crippen LogP contribution is 2.26. The van der Waals surface area contributed by atoms with Crippen molar-refractivity contribution in [2.75, 3.05) is 26.3 Å². The SMILES string of the molecule is CCOC(=O)CCC(=O)NC1CCN(C(=O)COc2cc(C)c(Cl)c(C)c2)CC1. The lowest BCUT2D eigenvalue weighted by Crippen LogP contribution is -2.47. The van der Waals surface area contributed by atoms with E-state index in [1.807, 2.05) is 26.0 Å². The van der Waals surface area contributed by atoms with E-state index in [-0.39, 0.29) is 43.3 Å². The van der Waals surface area contributed by atoms with Gasteiger partial charge in [0.2, 0.25) is 5.91 Å². The van der Waals surface area contributed by atoms with E-state index < -0.39 is 0 Å². The molecule has 0 bridgehead atoms. The molecule has 0 saturated carbocycles. The summed E-state index contributed by atoms with van der Waals surface area (Å²) in [5.41, 5.74) is 1.82. The number of nitrogens with one attached hydrogen (secondary N) is 1. The summed E-state index contributed by atoms with van der Waals surface area (Å²) in [4.78, 5) is 37.4. The third-order valence-corrected chi connectivity index (χ3v) is 5.44. The Morgan fingerprint density at radius 2 is 1.76 bits per heavy atom. The number of ether oxygens (including phenoxy) is 2. The molecule has 0 radical (unpaired) electrons. The van der Waals surface area contributed by atoms with Gasteiger partial charge in [0.25, 0.3) is 5.91 Å². The molecule has 1 aliphatic rings. The summed E-state index contributed by atoms with van der Waals surface area (Å²) in [5.74, 6) is 0.0117. The number of hydrogen-bond acceptors (Lipinski definition) is 5. The van der Waals surface area contributed by atoms with Crippen LogP contribution in [-0.4, -0.2) is 55.0 Å². The monoisotopic (exact) mass is 424 g/mol. The van der Waals surface area contributed by atoms with Gasteiger partial charge in [-0.1, -0.05) is 11.6 Å². The number of carbonyl (C=O) groups excluding carboxylic acids is 3. The molecule has 8 heteroatoms. The number of piperidine rings is 1. The third kappa shape index (κ3) is 7.24. The minimum Gasteiger partial charge on any atom is -0.484 e. The summed E-state index contributed by atoms with van der Waals surface area (Å²) in [5, 5.41) is 3.63. The average Bonchev–Trinajstić information content (AvgIpc) is 2.69. The number of carbonyl (C=O) groups is 3. The summed E-state index contributed by atoms with van der Waals surface area (Å²) in [6.07, 6.45) is 1.55. The lowest BCUT2D eigenvalue weighted by atomic mass is 10.0. The van der Waals surface area contributed by atoms with E-state index >= 15 is 0 Å². The quantitative estimate of drug-likeness (QED) is 0.648. The first-order valence-corrected chi connectivity index (χ1v) is 10.3. The number of likely N-dealkylation sites (tertiary alicyclic amines) is 1. The van der Waals surface area contributed by atoms with Gasteiger partial charge in [-0.2, -0.15) is 0 Å². The van der Waals surface area contributed by atoms with Gasteiger partial charge in [0, 0.05) is 30.6 Å². The van der Waals surface area contributed by atoms with E-state index in [1.165, 1.54) is 0 Å². The Bertz CT molecular complexity index is 722. The molecular formula is C21H29ClN2O5. The Balaban J connectivity index is 1.71. The molecule has 0 spiro atoms. The summed E-state index contributed by atoms with van der Waals surface area (Å²) >= 11 is 6.15. The van der Waals surface area contributed by atoms with Crippen molar-refractivity contribution in [3.8, 4) is 5.75 Å². The number of esters is 1. The van der Waals surface area contributed by atoms with Crippen molar-refractivity contribution in [3.05, 3.63) is 28.3 Å². The maximum Gasteiger partial charge on any atom is 0.306 e. The van der Waals surface area contributed by atoms with Crippen LogP contribution in [0.15, 0.2) is 12.1 Å². The number of rotatable bonds is 8. The summed E-state index contributed by atoms with van der Waals surface area (Å²) in [7, 11) is 0. The summed E-state index contributed by atoms with van der Waals surface area (Å²) in [6, 6.07) is 3.65. The van der Waals surface area contributed by atoms with E-state index in [0.29, 0.717) is 43.3 Å². The predicted octanol–water partition coefficient (Wildman–Crippen LogP) is 2.79. The van der Waals surface area contributed by atoms with Gasteiger partial charge in [0.1, 0.15) is 5.75 Å². The molecule has 1 aliphatic heterocycles. The van der Waals surface area contributed by atoms with Crippen LogP contribution >= 0.6 is 11.6 Å². The van der Waals surface area contributed by atoms with Gasteiger partial charge >= 0.3 is 5.97 Å². The molecular weight excluding hydrogens is 396 g/mol. The number of amides is 2. The van der Waals surface area contributed by atoms with Gasteiger partial charge in [-0.05, 0) is 56.9 Å². The molecule has 1 aromatic carbocycles. The smallest absolute Gasteiger partial charge is 0.306 e. The Morgan fingerprint density at radius 1 is 1.14 bits per heavy atom. The molecule has 2 rings (SSSR count). The van der Waals surface area contributed by atoms with Crippen LogP contribution in [0.5, 0.6) is 5.75 Å². The Morgan fingerprint density at radius 3 is 2.34 bits per heavy atom. The van der Waals surface area contributed by atoms with Crippen LogP contribution in [-0.2, 0) is 19.1 Å². The van der Waals surface area contributed by atoms with Crippen LogP contribution in [0.2, 0.25) is 5.02 Å². The van der Waals surface area contributed by atoms with E-state index in [2.05, 4.69) is 5.32 Å². The van der Waals surface area contributed by atoms with Crippen molar-refractivity contribution in [2.45, 2.75) is 52.5 Å². The zero-order valence-corrected chi connectivity index (χ0v) is 18.0. The van der Waals surface area contributed by atoms with Gasteiger partial charge in [-0.25, -0.2) is 0 Å². The minimum absolute atomic E-state index is 0.0104. The first-order valence-electron chi connectivity index (χ1n) is 9.92. The fourth-order valence-electron chi connectivity index (χ4n) is 3.25. The molecule has 0 aromatic heterocycles. The normalized spacial score (nSPS) is 14.4. The molecule has 1 saturated heterocycles. The second kappa shape index (κ2) is 11.0. The van der Waals surface area contributed by atoms with E-state index in [4.69, 9.17) is 21.1 Å². The predicted molar refractivity (Wildman–Crippen MR) is 110 cm³/mol. The largest absolute Gasteiger partial charge is 0.484 e. The fourth-order valence-corrected chi connectivity index (χ4v) is 3.36. The lowest BCUT2D eigenvalue weighted by molar-refractivity contribution is -0.144. The lowest BCUT2D eigenvalue weighted by Gasteiger charge is -2.32. The van der Waals surface area contributed by atoms with Crippen molar-refractivity contribution in [1.82, 2.24) is 10.2 Å². The standard InChI is InChI=1S/C21H29ClN2O5/c1-4-28-20(27)6-5-18(25)23-16-7-9-24(10-8-16)19(26)13-29-17-11-14(2)21(22)15(3)12-17/h11-12,16H,4-10,13H2,1-3H3,(H,23,25). The number of benzene rings is 1. The van der Waals surface area contributed by atoms with Gasteiger partial charge in [-0.15, -0.1) is 0 Å². The van der Waals surface area contributed by atoms with Gasteiger partial charge in [0.05, 0.1) is 13.0 Å². The molecule has 0 unspecified atom stereocenters. The number of hydrogen-bond donors (Lipinski definition) is 1. The zero-order chi connectivity index (χ0) is 21.4. The molecule has 7 nitrogen and oxygen atoms in total. The van der Waals surface area contributed by atoms with Crippen molar-refractivity contribution in [3.63, 3.8) is 0 Å². The summed E-state index contributed by atoms with van der Waals surface area (Å²) < 4.78 is 10.5.